The van der Waals surface area contributed by atoms with Crippen LogP contribution < -0.4 is 5.32 Å². The van der Waals surface area contributed by atoms with Gasteiger partial charge in [-0.15, -0.1) is 0 Å². The molecule has 1 aromatic rings. The van der Waals surface area contributed by atoms with Crippen LogP contribution in [0.4, 0.5) is 0 Å². The Morgan fingerprint density at radius 2 is 2.11 bits per heavy atom. The van der Waals surface area contributed by atoms with E-state index in [2.05, 4.69) is 22.2 Å². The predicted octanol–water partition coefficient (Wildman–Crippen LogP) is 2.87. The van der Waals surface area contributed by atoms with Gasteiger partial charge in [-0.25, -0.2) is 0 Å². The Labute approximate surface area is 116 Å². The molecule has 1 unspecified atom stereocenters. The van der Waals surface area contributed by atoms with Crippen LogP contribution in [0.25, 0.3) is 0 Å². The minimum Gasteiger partial charge on any atom is -0.376 e. The number of nitrogens with one attached hydrogen (secondary N) is 1. The second-order valence-corrected chi connectivity index (χ2v) is 5.35. The van der Waals surface area contributed by atoms with Gasteiger partial charge in [0, 0.05) is 19.5 Å². The van der Waals surface area contributed by atoms with Crippen LogP contribution in [-0.4, -0.2) is 29.2 Å². The van der Waals surface area contributed by atoms with Gasteiger partial charge in [-0.1, -0.05) is 26.2 Å². The third-order valence-corrected chi connectivity index (χ3v) is 4.11. The topological polar surface area (TPSA) is 47.0 Å². The normalized spacial score (nSPS) is 20.1. The lowest BCUT2D eigenvalue weighted by atomic mass is 9.78. The highest BCUT2D eigenvalue weighted by Crippen LogP contribution is 2.40. The van der Waals surface area contributed by atoms with E-state index < -0.39 is 0 Å². The van der Waals surface area contributed by atoms with Gasteiger partial charge in [0.25, 0.3) is 0 Å². The van der Waals surface area contributed by atoms with Crippen molar-refractivity contribution >= 4 is 0 Å². The Hall–Kier alpha value is -1.00. The number of rotatable bonds is 6. The average Bonchev–Trinajstić information content (AvgIpc) is 2.49. The van der Waals surface area contributed by atoms with E-state index in [4.69, 9.17) is 4.74 Å². The van der Waals surface area contributed by atoms with Crippen molar-refractivity contribution < 1.29 is 4.74 Å². The maximum absolute atomic E-state index is 5.96. The highest BCUT2D eigenvalue weighted by atomic mass is 16.5. The first kappa shape index (κ1) is 14.4. The minimum absolute atomic E-state index is 0.122. The Balaban J connectivity index is 2.24. The zero-order valence-electron chi connectivity index (χ0n) is 12.1. The van der Waals surface area contributed by atoms with Gasteiger partial charge in [0.1, 0.15) is 0 Å². The lowest BCUT2D eigenvalue weighted by Gasteiger charge is -2.42. The summed E-state index contributed by atoms with van der Waals surface area (Å²) >= 11 is 0. The van der Waals surface area contributed by atoms with Crippen LogP contribution in [0.1, 0.15) is 57.2 Å². The van der Waals surface area contributed by atoms with Crippen molar-refractivity contribution in [1.82, 2.24) is 15.3 Å². The standard InChI is InChI=1S/C15H25N3O/c1-3-9-18-14(13-12-16-10-11-17-13)15(19-2)7-5-4-6-8-15/h10-12,14,18H,3-9H2,1-2H3. The average molecular weight is 263 g/mol. The predicted molar refractivity (Wildman–Crippen MR) is 75.9 cm³/mol. The molecular weight excluding hydrogens is 238 g/mol. The summed E-state index contributed by atoms with van der Waals surface area (Å²) in [4.78, 5) is 8.71. The number of hydrogen-bond acceptors (Lipinski definition) is 4. The van der Waals surface area contributed by atoms with Crippen molar-refractivity contribution in [1.29, 1.82) is 0 Å². The van der Waals surface area contributed by atoms with Crippen LogP contribution in [0.3, 0.4) is 0 Å². The first-order valence-electron chi connectivity index (χ1n) is 7.37. The molecule has 106 valence electrons. The highest BCUT2D eigenvalue weighted by molar-refractivity contribution is 5.11. The van der Waals surface area contributed by atoms with E-state index in [0.29, 0.717) is 0 Å². The zero-order valence-corrected chi connectivity index (χ0v) is 12.1. The van der Waals surface area contributed by atoms with Crippen molar-refractivity contribution in [3.63, 3.8) is 0 Å². The summed E-state index contributed by atoms with van der Waals surface area (Å²) < 4.78 is 5.96. The molecule has 1 saturated carbocycles. The van der Waals surface area contributed by atoms with Gasteiger partial charge in [0.05, 0.1) is 23.5 Å². The third kappa shape index (κ3) is 3.31. The Morgan fingerprint density at radius 3 is 2.68 bits per heavy atom. The van der Waals surface area contributed by atoms with Gasteiger partial charge in [-0.3, -0.25) is 9.97 Å². The van der Waals surface area contributed by atoms with Crippen LogP contribution in [-0.2, 0) is 4.74 Å². The number of nitrogens with zero attached hydrogens (tertiary/aromatic N) is 2. The fraction of sp³-hybridized carbons (Fsp3) is 0.733. The van der Waals surface area contributed by atoms with E-state index in [1.165, 1.54) is 19.3 Å². The van der Waals surface area contributed by atoms with E-state index in [-0.39, 0.29) is 11.6 Å². The van der Waals surface area contributed by atoms with E-state index in [9.17, 15) is 0 Å². The van der Waals surface area contributed by atoms with Crippen molar-refractivity contribution in [2.75, 3.05) is 13.7 Å². The summed E-state index contributed by atoms with van der Waals surface area (Å²) in [5.74, 6) is 0. The number of hydrogen-bond donors (Lipinski definition) is 1. The van der Waals surface area contributed by atoms with Gasteiger partial charge in [0.15, 0.2) is 0 Å². The fourth-order valence-electron chi connectivity index (χ4n) is 3.07. The van der Waals surface area contributed by atoms with Gasteiger partial charge >= 0.3 is 0 Å². The second-order valence-electron chi connectivity index (χ2n) is 5.35. The van der Waals surface area contributed by atoms with Crippen LogP contribution >= 0.6 is 0 Å². The fourth-order valence-corrected chi connectivity index (χ4v) is 3.07. The summed E-state index contributed by atoms with van der Waals surface area (Å²) in [5, 5.41) is 3.62. The molecule has 1 atom stereocenters. The molecule has 4 nitrogen and oxygen atoms in total. The molecule has 1 aliphatic rings. The lowest BCUT2D eigenvalue weighted by molar-refractivity contribution is -0.0697. The Bertz CT molecular complexity index is 363. The molecule has 0 spiro atoms. The van der Waals surface area contributed by atoms with E-state index in [0.717, 1.165) is 31.5 Å². The van der Waals surface area contributed by atoms with Gasteiger partial charge in [-0.05, 0) is 25.8 Å². The van der Waals surface area contributed by atoms with Crippen molar-refractivity contribution in [3.05, 3.63) is 24.3 Å². The molecule has 0 amide bonds. The van der Waals surface area contributed by atoms with E-state index >= 15 is 0 Å². The molecule has 1 aromatic heterocycles. The number of methoxy groups -OCH3 is 1. The van der Waals surface area contributed by atoms with Crippen molar-refractivity contribution in [2.24, 2.45) is 0 Å². The summed E-state index contributed by atoms with van der Waals surface area (Å²) in [6.07, 6.45) is 12.4. The summed E-state index contributed by atoms with van der Waals surface area (Å²) in [5.41, 5.74) is 0.878. The third-order valence-electron chi connectivity index (χ3n) is 4.11. The van der Waals surface area contributed by atoms with Gasteiger partial charge in [0.2, 0.25) is 0 Å². The molecule has 1 aliphatic carbocycles. The molecule has 4 heteroatoms. The molecule has 0 bridgehead atoms. The molecule has 0 aliphatic heterocycles. The summed E-state index contributed by atoms with van der Waals surface area (Å²) in [6, 6.07) is 0.145. The molecule has 1 heterocycles. The SMILES string of the molecule is CCCNC(c1cnccn1)C1(OC)CCCCC1. The first-order valence-corrected chi connectivity index (χ1v) is 7.37. The van der Waals surface area contributed by atoms with Crippen LogP contribution in [0, 0.1) is 0 Å². The molecule has 2 rings (SSSR count). The van der Waals surface area contributed by atoms with E-state index in [1.807, 2.05) is 13.3 Å². The van der Waals surface area contributed by atoms with Crippen molar-refractivity contribution in [2.45, 2.75) is 57.1 Å². The smallest absolute Gasteiger partial charge is 0.0888 e. The monoisotopic (exact) mass is 263 g/mol. The lowest BCUT2D eigenvalue weighted by Crippen LogP contribution is -2.47. The number of ether oxygens (including phenoxy) is 1. The van der Waals surface area contributed by atoms with Crippen LogP contribution in [0.5, 0.6) is 0 Å². The molecule has 0 aromatic carbocycles. The molecule has 1 N–H and O–H groups in total. The van der Waals surface area contributed by atoms with Crippen molar-refractivity contribution in [3.8, 4) is 0 Å². The minimum atomic E-state index is -0.122. The highest BCUT2D eigenvalue weighted by Gasteiger charge is 2.41. The molecule has 0 saturated heterocycles. The maximum Gasteiger partial charge on any atom is 0.0888 e. The Morgan fingerprint density at radius 1 is 1.32 bits per heavy atom. The largest absolute Gasteiger partial charge is 0.376 e. The van der Waals surface area contributed by atoms with Gasteiger partial charge in [-0.2, -0.15) is 0 Å². The molecular formula is C15H25N3O. The Kier molecular flexibility index (Phi) is 5.28. The van der Waals surface area contributed by atoms with Crippen LogP contribution in [0.2, 0.25) is 0 Å². The number of aromatic nitrogens is 2. The molecule has 1 fully saturated rings. The summed E-state index contributed by atoms with van der Waals surface area (Å²) in [6.45, 7) is 3.16. The zero-order chi connectivity index (χ0) is 13.6. The van der Waals surface area contributed by atoms with E-state index in [1.54, 1.807) is 12.4 Å². The quantitative estimate of drug-likeness (QED) is 0.857. The van der Waals surface area contributed by atoms with Gasteiger partial charge < -0.3 is 10.1 Å². The summed E-state index contributed by atoms with van der Waals surface area (Å²) in [7, 11) is 1.84. The second kappa shape index (κ2) is 6.96. The first-order chi connectivity index (χ1) is 9.32. The maximum atomic E-state index is 5.96. The molecule has 0 radical (unpaired) electrons. The van der Waals surface area contributed by atoms with Crippen LogP contribution in [0.15, 0.2) is 18.6 Å². The molecule has 19 heavy (non-hydrogen) atoms.